The van der Waals surface area contributed by atoms with Crippen LogP contribution in [0.1, 0.15) is 85.8 Å². The van der Waals surface area contributed by atoms with E-state index < -0.39 is 83.3 Å². The van der Waals surface area contributed by atoms with Crippen molar-refractivity contribution in [2.45, 2.75) is 95.2 Å². The molecule has 1 aliphatic carbocycles. The van der Waals surface area contributed by atoms with Crippen LogP contribution in [0, 0.1) is 11.1 Å². The number of likely N-dealkylation sites (tertiary alicyclic amines) is 1. The maximum absolute atomic E-state index is 14.7. The molecule has 2 fully saturated rings. The molecule has 1 saturated heterocycles. The summed E-state index contributed by atoms with van der Waals surface area (Å²) >= 11 is 0. The number of carboxylic acids is 1. The predicted octanol–water partition coefficient (Wildman–Crippen LogP) is 1.87. The van der Waals surface area contributed by atoms with E-state index in [4.69, 9.17) is 4.74 Å². The van der Waals surface area contributed by atoms with Crippen molar-refractivity contribution in [3.8, 4) is 0 Å². The van der Waals surface area contributed by atoms with Crippen LogP contribution in [0.2, 0.25) is 0 Å². The predicted molar refractivity (Wildman–Crippen MR) is 215 cm³/mol. The topological polar surface area (TPSA) is 248 Å². The summed E-state index contributed by atoms with van der Waals surface area (Å²) in [6.07, 6.45) is 3.58. The molecule has 1 heterocycles. The molecule has 3 aromatic carbocycles. The van der Waals surface area contributed by atoms with Crippen LogP contribution in [0.15, 0.2) is 84.9 Å². The van der Waals surface area contributed by atoms with Crippen molar-refractivity contribution in [1.29, 1.82) is 0 Å². The Kier molecular flexibility index (Phi) is 16.4. The molecule has 0 aromatic heterocycles. The minimum atomic E-state index is -1.40. The highest BCUT2D eigenvalue weighted by Gasteiger charge is 2.45. The Morgan fingerprint density at radius 1 is 0.867 bits per heavy atom. The fourth-order valence-corrected chi connectivity index (χ4v) is 7.69. The van der Waals surface area contributed by atoms with E-state index in [2.05, 4.69) is 21.3 Å². The third kappa shape index (κ3) is 12.0. The van der Waals surface area contributed by atoms with Gasteiger partial charge in [-0.25, -0.2) is 10.0 Å². The Hall–Kier alpha value is -6.01. The Balaban J connectivity index is 1.33. The largest absolute Gasteiger partial charge is 0.595 e. The highest BCUT2D eigenvalue weighted by Crippen LogP contribution is 2.31. The molecule has 1 aliphatic heterocycles. The number of Topliss-reactive ketones (excluding diaryl/α,β-unsaturated/α-hetero) is 1. The second-order valence-electron chi connectivity index (χ2n) is 15.0. The Morgan fingerprint density at radius 2 is 1.52 bits per heavy atom. The summed E-state index contributed by atoms with van der Waals surface area (Å²) in [4.78, 5) is 95.1. The van der Waals surface area contributed by atoms with Gasteiger partial charge in [0, 0.05) is 19.0 Å². The lowest BCUT2D eigenvalue weighted by Gasteiger charge is -2.35. The van der Waals surface area contributed by atoms with Crippen molar-refractivity contribution in [3.63, 3.8) is 0 Å². The first-order valence-electron chi connectivity index (χ1n) is 20.2. The third-order valence-corrected chi connectivity index (χ3v) is 10.8. The first-order valence-corrected chi connectivity index (χ1v) is 20.2. The van der Waals surface area contributed by atoms with Gasteiger partial charge in [-0.3, -0.25) is 28.8 Å². The molecule has 17 nitrogen and oxygen atoms in total. The lowest BCUT2D eigenvalue weighted by atomic mass is 9.83. The average molecular weight is 829 g/mol. The lowest BCUT2D eigenvalue weighted by molar-refractivity contribution is -0.991. The SMILES string of the molecule is CCCC(NC(=O)[C@@H]1C[C@@H](OCc2ccccc2)CN1C(=O)C(NC(=O)c1ccccc1[NH+]([O-])O)C1CCCCC1)C(=O)C(=O)NCC(=O)NC(C(=O)O)c1ccccc1. The zero-order valence-electron chi connectivity index (χ0n) is 33.3. The fraction of sp³-hybridized carbons (Fsp3) is 0.419. The second-order valence-corrected chi connectivity index (χ2v) is 15.0. The van der Waals surface area contributed by atoms with E-state index >= 15 is 0 Å². The minimum Gasteiger partial charge on any atom is -0.595 e. The molecule has 6 atom stereocenters. The van der Waals surface area contributed by atoms with Gasteiger partial charge in [0.1, 0.15) is 17.6 Å². The molecule has 320 valence electrons. The summed E-state index contributed by atoms with van der Waals surface area (Å²) in [5, 5.41) is 40.1. The summed E-state index contributed by atoms with van der Waals surface area (Å²) in [6.45, 7) is 1.17. The van der Waals surface area contributed by atoms with Crippen molar-refractivity contribution >= 4 is 47.0 Å². The van der Waals surface area contributed by atoms with Crippen LogP contribution in [-0.2, 0) is 40.1 Å². The van der Waals surface area contributed by atoms with Crippen molar-refractivity contribution in [2.75, 3.05) is 13.1 Å². The number of nitrogens with one attached hydrogen (secondary N) is 5. The number of nitrogens with zero attached hydrogens (tertiary/aromatic N) is 1. The van der Waals surface area contributed by atoms with Gasteiger partial charge in [-0.2, -0.15) is 5.23 Å². The van der Waals surface area contributed by atoms with E-state index in [0.29, 0.717) is 24.8 Å². The average Bonchev–Trinajstić information content (AvgIpc) is 3.70. The molecule has 7 N–H and O–H groups in total. The smallest absolute Gasteiger partial charge is 0.330 e. The molecule has 3 aromatic rings. The van der Waals surface area contributed by atoms with Gasteiger partial charge in [-0.15, -0.1) is 0 Å². The minimum absolute atomic E-state index is 0.0309. The van der Waals surface area contributed by atoms with Crippen molar-refractivity contribution in [3.05, 3.63) is 107 Å². The van der Waals surface area contributed by atoms with Crippen LogP contribution < -0.4 is 26.5 Å². The number of rotatable bonds is 19. The number of para-hydroxylation sites is 1. The maximum Gasteiger partial charge on any atom is 0.330 e. The van der Waals surface area contributed by atoms with Gasteiger partial charge < -0.3 is 41.2 Å². The molecule has 0 bridgehead atoms. The Morgan fingerprint density at radius 3 is 2.17 bits per heavy atom. The molecular formula is C43H52N6O11. The number of ether oxygens (including phenoxy) is 1. The molecule has 5 rings (SSSR count). The molecule has 4 unspecified atom stereocenters. The Bertz CT molecular complexity index is 1980. The number of hydrogen-bond acceptors (Lipinski definition) is 10. The van der Waals surface area contributed by atoms with Gasteiger partial charge in [0.25, 0.3) is 11.8 Å². The van der Waals surface area contributed by atoms with Crippen LogP contribution >= 0.6 is 0 Å². The van der Waals surface area contributed by atoms with E-state index in [1.54, 1.807) is 25.1 Å². The van der Waals surface area contributed by atoms with Crippen LogP contribution in [0.5, 0.6) is 0 Å². The number of aliphatic carboxylic acids is 1. The molecule has 5 amide bonds. The monoisotopic (exact) mass is 828 g/mol. The number of benzene rings is 3. The molecule has 1 saturated carbocycles. The normalized spacial score (nSPS) is 18.6. The maximum atomic E-state index is 14.7. The van der Waals surface area contributed by atoms with Crippen LogP contribution in [-0.4, -0.2) is 93.8 Å². The molecular weight excluding hydrogens is 777 g/mol. The fourth-order valence-electron chi connectivity index (χ4n) is 7.69. The van der Waals surface area contributed by atoms with E-state index in [1.807, 2.05) is 30.3 Å². The summed E-state index contributed by atoms with van der Waals surface area (Å²) < 4.78 is 6.20. The Labute approximate surface area is 347 Å². The van der Waals surface area contributed by atoms with E-state index in [9.17, 15) is 49.1 Å². The molecule has 0 radical (unpaired) electrons. The summed E-state index contributed by atoms with van der Waals surface area (Å²) in [5.41, 5.74) is 0.813. The molecule has 0 spiro atoms. The van der Waals surface area contributed by atoms with Crippen LogP contribution in [0.4, 0.5) is 5.69 Å². The standard InChI is InChI=1S/C43H52N6O11/c1-2-14-32(38(51)41(54)44-24-35(50)46-37(43(56)57)29-19-10-5-11-20-29)45-40(53)34-23-30(60-26-27-15-6-3-7-16-27)25-48(34)42(55)36(28-17-8-4-9-18-28)47-39(52)31-21-12-13-22-33(31)49(58)59/h3,5-7,10-13,15-16,19-22,28,30,32,34,36-37,49,58H,2,4,8-9,14,17-18,23-26H2,1H3,(H,44,54)(H,45,53)(H,46,50)(H,47,52)(H,56,57)/t30-,32?,34+,36?,37?/m1/s1. The van der Waals surface area contributed by atoms with E-state index in [1.165, 1.54) is 41.3 Å². The number of carboxylic acid groups (broad SMARTS) is 1. The highest BCUT2D eigenvalue weighted by atomic mass is 16.8. The van der Waals surface area contributed by atoms with Crippen molar-refractivity contribution in [1.82, 2.24) is 26.2 Å². The molecule has 17 heteroatoms. The number of amides is 5. The number of carbonyl (C=O) groups excluding carboxylic acids is 6. The second kappa shape index (κ2) is 21.8. The first-order chi connectivity index (χ1) is 28.9. The quantitative estimate of drug-likeness (QED) is 0.0679. The number of ketones is 1. The van der Waals surface area contributed by atoms with Crippen molar-refractivity contribution < 1.29 is 53.8 Å². The summed E-state index contributed by atoms with van der Waals surface area (Å²) in [7, 11) is 0. The molecule has 2 aliphatic rings. The summed E-state index contributed by atoms with van der Waals surface area (Å²) in [5.74, 6) is -6.78. The van der Waals surface area contributed by atoms with E-state index in [-0.39, 0.29) is 43.2 Å². The van der Waals surface area contributed by atoms with Crippen molar-refractivity contribution in [2.24, 2.45) is 5.92 Å². The number of carbonyl (C=O) groups is 7. The van der Waals surface area contributed by atoms with E-state index in [0.717, 1.165) is 24.8 Å². The van der Waals surface area contributed by atoms with Gasteiger partial charge in [0.2, 0.25) is 23.5 Å². The van der Waals surface area contributed by atoms with Crippen LogP contribution in [0.3, 0.4) is 0 Å². The first kappa shape index (κ1) is 45.1. The van der Waals surface area contributed by atoms with Crippen LogP contribution in [0.25, 0.3) is 0 Å². The summed E-state index contributed by atoms with van der Waals surface area (Å²) in [6, 6.07) is 17.9. The van der Waals surface area contributed by atoms with Gasteiger partial charge in [-0.1, -0.05) is 105 Å². The zero-order chi connectivity index (χ0) is 43.2. The number of hydrogen-bond donors (Lipinski definition) is 7. The van der Waals surface area contributed by atoms with Gasteiger partial charge in [-0.05, 0) is 42.4 Å². The molecule has 60 heavy (non-hydrogen) atoms. The van der Waals surface area contributed by atoms with Gasteiger partial charge in [0.15, 0.2) is 11.7 Å². The van der Waals surface area contributed by atoms with Gasteiger partial charge >= 0.3 is 5.97 Å². The third-order valence-electron chi connectivity index (χ3n) is 10.8. The lowest BCUT2D eigenvalue weighted by Crippen LogP contribution is -2.99. The zero-order valence-corrected chi connectivity index (χ0v) is 33.3. The van der Waals surface area contributed by atoms with Gasteiger partial charge in [0.05, 0.1) is 25.3 Å². The number of quaternary nitrogens is 1. The highest BCUT2D eigenvalue weighted by molar-refractivity contribution is 6.38.